The minimum Gasteiger partial charge on any atom is -0.347 e. The van der Waals surface area contributed by atoms with Crippen molar-refractivity contribution in [2.24, 2.45) is 0 Å². The molecule has 3 nitrogen and oxygen atoms in total. The standard InChI is InChI=1S/C15H18FN3S/c16-14-5-2-1-4-13(14)12-18-7-3-8-19(10-9-18)15-17-6-11-20-15/h1-2,4-6,11H,3,7-10,12H2. The molecule has 0 amide bonds. The number of nitrogens with zero attached hydrogens (tertiary/aromatic N) is 3. The van der Waals surface area contributed by atoms with Crippen LogP contribution >= 0.6 is 11.3 Å². The van der Waals surface area contributed by atoms with Crippen LogP contribution in [-0.2, 0) is 6.54 Å². The maximum Gasteiger partial charge on any atom is 0.185 e. The predicted octanol–water partition coefficient (Wildman–Crippen LogP) is 2.99. The molecular formula is C15H18FN3S. The van der Waals surface area contributed by atoms with Crippen molar-refractivity contribution >= 4 is 16.5 Å². The number of halogens is 1. The van der Waals surface area contributed by atoms with Gasteiger partial charge >= 0.3 is 0 Å². The molecule has 1 aliphatic rings. The van der Waals surface area contributed by atoms with E-state index >= 15 is 0 Å². The summed E-state index contributed by atoms with van der Waals surface area (Å²) in [6, 6.07) is 7.05. The van der Waals surface area contributed by atoms with Gasteiger partial charge in [-0.1, -0.05) is 18.2 Å². The predicted molar refractivity (Wildman–Crippen MR) is 80.6 cm³/mol. The van der Waals surface area contributed by atoms with Gasteiger partial charge in [-0.25, -0.2) is 9.37 Å². The summed E-state index contributed by atoms with van der Waals surface area (Å²) in [5.41, 5.74) is 0.787. The van der Waals surface area contributed by atoms with Gasteiger partial charge in [0, 0.05) is 49.9 Å². The van der Waals surface area contributed by atoms with E-state index in [9.17, 15) is 4.39 Å². The highest BCUT2D eigenvalue weighted by molar-refractivity contribution is 7.13. The van der Waals surface area contributed by atoms with Crippen molar-refractivity contribution in [1.82, 2.24) is 9.88 Å². The lowest BCUT2D eigenvalue weighted by molar-refractivity contribution is 0.281. The Hall–Kier alpha value is -1.46. The Morgan fingerprint density at radius 3 is 2.85 bits per heavy atom. The van der Waals surface area contributed by atoms with Gasteiger partial charge < -0.3 is 4.90 Å². The van der Waals surface area contributed by atoms with Crippen molar-refractivity contribution in [2.45, 2.75) is 13.0 Å². The highest BCUT2D eigenvalue weighted by Gasteiger charge is 2.17. The van der Waals surface area contributed by atoms with E-state index in [0.29, 0.717) is 6.54 Å². The van der Waals surface area contributed by atoms with Crippen molar-refractivity contribution < 1.29 is 4.39 Å². The second-order valence-corrected chi connectivity index (χ2v) is 5.90. The summed E-state index contributed by atoms with van der Waals surface area (Å²) in [6.45, 7) is 4.64. The van der Waals surface area contributed by atoms with E-state index in [4.69, 9.17) is 0 Å². The molecule has 1 aliphatic heterocycles. The Kier molecular flexibility index (Phi) is 4.28. The number of anilines is 1. The largest absolute Gasteiger partial charge is 0.347 e. The molecule has 1 aromatic heterocycles. The molecule has 0 radical (unpaired) electrons. The molecule has 20 heavy (non-hydrogen) atoms. The van der Waals surface area contributed by atoms with E-state index in [1.807, 2.05) is 23.7 Å². The van der Waals surface area contributed by atoms with Gasteiger partial charge in [0.2, 0.25) is 0 Å². The molecule has 0 N–H and O–H groups in total. The fourth-order valence-corrected chi connectivity index (χ4v) is 3.26. The van der Waals surface area contributed by atoms with Gasteiger partial charge in [0.05, 0.1) is 0 Å². The van der Waals surface area contributed by atoms with Crippen molar-refractivity contribution in [3.05, 3.63) is 47.2 Å². The zero-order chi connectivity index (χ0) is 13.8. The molecule has 0 aliphatic carbocycles. The number of thiazole rings is 1. The zero-order valence-electron chi connectivity index (χ0n) is 11.3. The molecule has 2 heterocycles. The van der Waals surface area contributed by atoms with E-state index in [1.165, 1.54) is 6.07 Å². The first-order valence-electron chi connectivity index (χ1n) is 6.93. The van der Waals surface area contributed by atoms with Gasteiger partial charge in [-0.15, -0.1) is 11.3 Å². The van der Waals surface area contributed by atoms with Crippen molar-refractivity contribution in [2.75, 3.05) is 31.1 Å². The molecule has 2 aromatic rings. The first kappa shape index (κ1) is 13.5. The number of benzene rings is 1. The summed E-state index contributed by atoms with van der Waals surface area (Å²) < 4.78 is 13.7. The fourth-order valence-electron chi connectivity index (χ4n) is 2.56. The summed E-state index contributed by atoms with van der Waals surface area (Å²) in [7, 11) is 0. The normalized spacial score (nSPS) is 17.1. The van der Waals surface area contributed by atoms with E-state index in [1.54, 1.807) is 17.4 Å². The molecule has 3 rings (SSSR count). The van der Waals surface area contributed by atoms with Gasteiger partial charge in [0.15, 0.2) is 5.13 Å². The van der Waals surface area contributed by atoms with Gasteiger partial charge in [0.1, 0.15) is 5.82 Å². The summed E-state index contributed by atoms with van der Waals surface area (Å²) >= 11 is 1.68. The molecule has 0 spiro atoms. The number of hydrogen-bond donors (Lipinski definition) is 0. The van der Waals surface area contributed by atoms with Crippen LogP contribution in [0.5, 0.6) is 0 Å². The lowest BCUT2D eigenvalue weighted by atomic mass is 10.2. The highest BCUT2D eigenvalue weighted by Crippen LogP contribution is 2.20. The molecule has 0 atom stereocenters. The van der Waals surface area contributed by atoms with Crippen LogP contribution in [0.2, 0.25) is 0 Å². The Morgan fingerprint density at radius 1 is 1.15 bits per heavy atom. The van der Waals surface area contributed by atoms with Crippen LogP contribution in [0.3, 0.4) is 0 Å². The average Bonchev–Trinajstić information content (AvgIpc) is 2.89. The fraction of sp³-hybridized carbons (Fsp3) is 0.400. The quantitative estimate of drug-likeness (QED) is 0.866. The number of hydrogen-bond acceptors (Lipinski definition) is 4. The molecule has 106 valence electrons. The Labute approximate surface area is 122 Å². The lowest BCUT2D eigenvalue weighted by Crippen LogP contribution is -2.30. The lowest BCUT2D eigenvalue weighted by Gasteiger charge is -2.21. The smallest absolute Gasteiger partial charge is 0.185 e. The van der Waals surface area contributed by atoms with Crippen LogP contribution in [-0.4, -0.2) is 36.1 Å². The van der Waals surface area contributed by atoms with Crippen molar-refractivity contribution in [3.63, 3.8) is 0 Å². The summed E-state index contributed by atoms with van der Waals surface area (Å²) in [5, 5.41) is 3.11. The molecule has 1 saturated heterocycles. The zero-order valence-corrected chi connectivity index (χ0v) is 12.2. The second kappa shape index (κ2) is 6.33. The van der Waals surface area contributed by atoms with Gasteiger partial charge in [-0.3, -0.25) is 4.90 Å². The summed E-state index contributed by atoms with van der Waals surface area (Å²) in [4.78, 5) is 9.02. The van der Waals surface area contributed by atoms with Crippen molar-refractivity contribution in [3.8, 4) is 0 Å². The molecular weight excluding hydrogens is 273 g/mol. The van der Waals surface area contributed by atoms with E-state index in [0.717, 1.165) is 43.3 Å². The van der Waals surface area contributed by atoms with Gasteiger partial charge in [-0.05, 0) is 12.5 Å². The van der Waals surface area contributed by atoms with E-state index in [-0.39, 0.29) is 5.82 Å². The average molecular weight is 291 g/mol. The molecule has 5 heteroatoms. The maximum absolute atomic E-state index is 13.7. The second-order valence-electron chi connectivity index (χ2n) is 5.02. The molecule has 1 fully saturated rings. The van der Waals surface area contributed by atoms with Crippen LogP contribution in [0.4, 0.5) is 9.52 Å². The van der Waals surface area contributed by atoms with Gasteiger partial charge in [0.25, 0.3) is 0 Å². The Morgan fingerprint density at radius 2 is 2.05 bits per heavy atom. The minimum atomic E-state index is -0.103. The van der Waals surface area contributed by atoms with Crippen molar-refractivity contribution in [1.29, 1.82) is 0 Å². The first-order valence-corrected chi connectivity index (χ1v) is 7.81. The molecule has 0 saturated carbocycles. The Balaban J connectivity index is 1.62. The SMILES string of the molecule is Fc1ccccc1CN1CCCN(c2nccs2)CC1. The summed E-state index contributed by atoms with van der Waals surface area (Å²) in [6.07, 6.45) is 2.94. The van der Waals surface area contributed by atoms with Crippen LogP contribution in [0.25, 0.3) is 0 Å². The topological polar surface area (TPSA) is 19.4 Å². The third-order valence-corrected chi connectivity index (χ3v) is 4.46. The van der Waals surface area contributed by atoms with E-state index in [2.05, 4.69) is 14.8 Å². The minimum absolute atomic E-state index is 0.103. The Bertz CT molecular complexity index is 544. The van der Waals surface area contributed by atoms with Crippen LogP contribution in [0.15, 0.2) is 35.8 Å². The molecule has 0 bridgehead atoms. The highest BCUT2D eigenvalue weighted by atomic mass is 32.1. The van der Waals surface area contributed by atoms with Crippen LogP contribution < -0.4 is 4.90 Å². The monoisotopic (exact) mass is 291 g/mol. The summed E-state index contributed by atoms with van der Waals surface area (Å²) in [5.74, 6) is -0.103. The third kappa shape index (κ3) is 3.16. The van der Waals surface area contributed by atoms with Gasteiger partial charge in [-0.2, -0.15) is 0 Å². The first-order chi connectivity index (χ1) is 9.83. The maximum atomic E-state index is 13.7. The third-order valence-electron chi connectivity index (χ3n) is 3.63. The van der Waals surface area contributed by atoms with E-state index < -0.39 is 0 Å². The number of aromatic nitrogens is 1. The number of rotatable bonds is 3. The van der Waals surface area contributed by atoms with Crippen LogP contribution in [0, 0.1) is 5.82 Å². The molecule has 1 aromatic carbocycles. The van der Waals surface area contributed by atoms with Crippen LogP contribution in [0.1, 0.15) is 12.0 Å². The molecule has 0 unspecified atom stereocenters.